The monoisotopic (exact) mass is 413 g/mol. The first-order valence-electron chi connectivity index (χ1n) is 10.8. The minimum Gasteiger partial charge on any atom is -0.494 e. The molecule has 0 saturated heterocycles. The standard InChI is InChI=1S/C27H27NO3/c1-2-31-24-10-6-9-23(18-24)28-19-22(14-11-20-7-4-3-5-8-20)25-17-21(12-15-26(25)28)13-16-27(29)30/h3-10,12,15,17-19H,2,11,13-14,16H2,1H3,(H,29,30). The summed E-state index contributed by atoms with van der Waals surface area (Å²) in [4.78, 5) is 11.0. The van der Waals surface area contributed by atoms with Crippen LogP contribution in [0.3, 0.4) is 0 Å². The summed E-state index contributed by atoms with van der Waals surface area (Å²) in [7, 11) is 0. The van der Waals surface area contributed by atoms with E-state index in [2.05, 4.69) is 59.3 Å². The lowest BCUT2D eigenvalue weighted by atomic mass is 10.0. The van der Waals surface area contributed by atoms with Gasteiger partial charge in [0.25, 0.3) is 0 Å². The zero-order chi connectivity index (χ0) is 21.6. The van der Waals surface area contributed by atoms with E-state index >= 15 is 0 Å². The van der Waals surface area contributed by atoms with Gasteiger partial charge in [-0.2, -0.15) is 0 Å². The highest BCUT2D eigenvalue weighted by Crippen LogP contribution is 2.29. The van der Waals surface area contributed by atoms with Crippen LogP contribution < -0.4 is 4.74 Å². The maximum Gasteiger partial charge on any atom is 0.303 e. The van der Waals surface area contributed by atoms with Crippen LogP contribution in [0, 0.1) is 0 Å². The molecule has 0 spiro atoms. The molecule has 0 atom stereocenters. The molecule has 0 amide bonds. The number of aromatic nitrogens is 1. The molecule has 4 rings (SSSR count). The van der Waals surface area contributed by atoms with E-state index in [1.54, 1.807) is 0 Å². The van der Waals surface area contributed by atoms with E-state index in [-0.39, 0.29) is 6.42 Å². The molecule has 0 bridgehead atoms. The Morgan fingerprint density at radius 2 is 1.74 bits per heavy atom. The molecule has 0 aliphatic heterocycles. The molecule has 4 nitrogen and oxygen atoms in total. The van der Waals surface area contributed by atoms with Crippen LogP contribution >= 0.6 is 0 Å². The van der Waals surface area contributed by atoms with Gasteiger partial charge < -0.3 is 14.4 Å². The number of carboxylic acid groups (broad SMARTS) is 1. The van der Waals surface area contributed by atoms with Gasteiger partial charge in [0.15, 0.2) is 0 Å². The van der Waals surface area contributed by atoms with Gasteiger partial charge in [-0.25, -0.2) is 0 Å². The predicted molar refractivity (Wildman–Crippen MR) is 124 cm³/mol. The van der Waals surface area contributed by atoms with Gasteiger partial charge in [0.1, 0.15) is 5.75 Å². The topological polar surface area (TPSA) is 51.5 Å². The van der Waals surface area contributed by atoms with Crippen LogP contribution in [0.1, 0.15) is 30.0 Å². The van der Waals surface area contributed by atoms with Crippen molar-refractivity contribution in [2.45, 2.75) is 32.6 Å². The Morgan fingerprint density at radius 1 is 0.903 bits per heavy atom. The molecule has 4 heteroatoms. The maximum atomic E-state index is 11.0. The zero-order valence-electron chi connectivity index (χ0n) is 17.8. The summed E-state index contributed by atoms with van der Waals surface area (Å²) in [5.74, 6) is 0.0838. The van der Waals surface area contributed by atoms with Gasteiger partial charge in [-0.3, -0.25) is 4.79 Å². The van der Waals surface area contributed by atoms with Crippen LogP contribution in [0.15, 0.2) is 79.0 Å². The highest BCUT2D eigenvalue weighted by Gasteiger charge is 2.12. The number of hydrogen-bond donors (Lipinski definition) is 1. The molecular weight excluding hydrogens is 386 g/mol. The molecule has 0 saturated carbocycles. The minimum absolute atomic E-state index is 0.141. The lowest BCUT2D eigenvalue weighted by Crippen LogP contribution is -1.98. The molecule has 0 aliphatic rings. The first-order valence-corrected chi connectivity index (χ1v) is 10.8. The van der Waals surface area contributed by atoms with E-state index in [4.69, 9.17) is 9.84 Å². The first kappa shape index (κ1) is 20.7. The van der Waals surface area contributed by atoms with Crippen LogP contribution in [-0.2, 0) is 24.1 Å². The van der Waals surface area contributed by atoms with Crippen molar-refractivity contribution in [1.82, 2.24) is 4.57 Å². The Kier molecular flexibility index (Phi) is 6.37. The van der Waals surface area contributed by atoms with E-state index in [0.29, 0.717) is 13.0 Å². The summed E-state index contributed by atoms with van der Waals surface area (Å²) < 4.78 is 7.90. The number of carboxylic acids is 1. The molecule has 1 heterocycles. The van der Waals surface area contributed by atoms with E-state index < -0.39 is 5.97 Å². The molecule has 3 aromatic carbocycles. The fourth-order valence-corrected chi connectivity index (χ4v) is 3.98. The molecule has 0 unspecified atom stereocenters. The normalized spacial score (nSPS) is 11.0. The third-order valence-corrected chi connectivity index (χ3v) is 5.51. The van der Waals surface area contributed by atoms with Gasteiger partial charge in [0, 0.05) is 29.8 Å². The van der Waals surface area contributed by atoms with Gasteiger partial charge in [0.2, 0.25) is 0 Å². The number of carbonyl (C=O) groups is 1. The Labute approximate surface area is 182 Å². The molecule has 1 N–H and O–H groups in total. The molecular formula is C27H27NO3. The third-order valence-electron chi connectivity index (χ3n) is 5.51. The fourth-order valence-electron chi connectivity index (χ4n) is 3.98. The van der Waals surface area contributed by atoms with Crippen LogP contribution in [0.25, 0.3) is 16.6 Å². The average Bonchev–Trinajstić information content (AvgIpc) is 3.15. The molecule has 158 valence electrons. The van der Waals surface area contributed by atoms with Crippen LogP contribution in [0.5, 0.6) is 5.75 Å². The zero-order valence-corrected chi connectivity index (χ0v) is 17.8. The summed E-state index contributed by atoms with van der Waals surface area (Å²) in [5, 5.41) is 10.2. The molecule has 4 aromatic rings. The predicted octanol–water partition coefficient (Wildman–Crippen LogP) is 5.83. The van der Waals surface area contributed by atoms with E-state index in [1.807, 2.05) is 31.2 Å². The van der Waals surface area contributed by atoms with Crippen LogP contribution in [0.4, 0.5) is 0 Å². The fraction of sp³-hybridized carbons (Fsp3) is 0.222. The second-order valence-electron chi connectivity index (χ2n) is 7.69. The molecule has 1 aromatic heterocycles. The maximum absolute atomic E-state index is 11.0. The van der Waals surface area contributed by atoms with Crippen molar-refractivity contribution in [3.8, 4) is 11.4 Å². The molecule has 0 aliphatic carbocycles. The van der Waals surface area contributed by atoms with Crippen LogP contribution in [0.2, 0.25) is 0 Å². The number of hydrogen-bond acceptors (Lipinski definition) is 2. The first-order chi connectivity index (χ1) is 15.1. The summed E-state index contributed by atoms with van der Waals surface area (Å²) in [6.45, 7) is 2.61. The Morgan fingerprint density at radius 3 is 2.52 bits per heavy atom. The van der Waals surface area contributed by atoms with Crippen molar-refractivity contribution in [2.24, 2.45) is 0 Å². The lowest BCUT2D eigenvalue weighted by Gasteiger charge is -2.09. The molecule has 31 heavy (non-hydrogen) atoms. The Hall–Kier alpha value is -3.53. The van der Waals surface area contributed by atoms with Gasteiger partial charge in [-0.1, -0.05) is 42.5 Å². The number of benzene rings is 3. The van der Waals surface area contributed by atoms with Gasteiger partial charge in [-0.15, -0.1) is 0 Å². The van der Waals surface area contributed by atoms with Gasteiger partial charge in [-0.05, 0) is 67.1 Å². The summed E-state index contributed by atoms with van der Waals surface area (Å²) in [6.07, 6.45) is 4.76. The van der Waals surface area contributed by atoms with Crippen LogP contribution in [-0.4, -0.2) is 22.2 Å². The highest BCUT2D eigenvalue weighted by molar-refractivity contribution is 5.86. The summed E-state index contributed by atoms with van der Waals surface area (Å²) >= 11 is 0. The van der Waals surface area contributed by atoms with Crippen molar-refractivity contribution >= 4 is 16.9 Å². The number of ether oxygens (including phenoxy) is 1. The average molecular weight is 414 g/mol. The second-order valence-corrected chi connectivity index (χ2v) is 7.69. The van der Waals surface area contributed by atoms with Crippen molar-refractivity contribution in [2.75, 3.05) is 6.61 Å². The Bertz CT molecular complexity index is 1180. The molecule has 0 radical (unpaired) electrons. The SMILES string of the molecule is CCOc1cccc(-n2cc(CCc3ccccc3)c3cc(CCC(=O)O)ccc32)c1. The number of aliphatic carboxylic acids is 1. The number of nitrogens with zero attached hydrogens (tertiary/aromatic N) is 1. The van der Waals surface area contributed by atoms with Gasteiger partial charge >= 0.3 is 5.97 Å². The smallest absolute Gasteiger partial charge is 0.303 e. The minimum atomic E-state index is -0.769. The summed E-state index contributed by atoms with van der Waals surface area (Å²) in [6, 6.07) is 24.9. The van der Waals surface area contributed by atoms with E-state index in [9.17, 15) is 4.79 Å². The molecule has 0 fully saturated rings. The lowest BCUT2D eigenvalue weighted by molar-refractivity contribution is -0.136. The van der Waals surface area contributed by atoms with Crippen molar-refractivity contribution < 1.29 is 14.6 Å². The number of fused-ring (bicyclic) bond motifs is 1. The van der Waals surface area contributed by atoms with E-state index in [0.717, 1.165) is 35.4 Å². The Balaban J connectivity index is 1.73. The van der Waals surface area contributed by atoms with E-state index in [1.165, 1.54) is 16.5 Å². The van der Waals surface area contributed by atoms with Crippen molar-refractivity contribution in [1.29, 1.82) is 0 Å². The van der Waals surface area contributed by atoms with Crippen molar-refractivity contribution in [3.05, 3.63) is 95.7 Å². The quantitative estimate of drug-likeness (QED) is 0.375. The third kappa shape index (κ3) is 4.97. The summed E-state index contributed by atoms with van der Waals surface area (Å²) in [5.41, 5.74) is 5.80. The van der Waals surface area contributed by atoms with Gasteiger partial charge in [0.05, 0.1) is 12.1 Å². The van der Waals surface area contributed by atoms with Crippen molar-refractivity contribution in [3.63, 3.8) is 0 Å². The highest BCUT2D eigenvalue weighted by atomic mass is 16.5. The number of rotatable bonds is 9. The largest absolute Gasteiger partial charge is 0.494 e. The second kappa shape index (κ2) is 9.52. The number of aryl methyl sites for hydroxylation is 3.